The van der Waals surface area contributed by atoms with E-state index in [-0.39, 0.29) is 13.0 Å². The highest BCUT2D eigenvalue weighted by Gasteiger charge is 2.36. The predicted molar refractivity (Wildman–Crippen MR) is 34.1 cm³/mol. The van der Waals surface area contributed by atoms with Crippen LogP contribution in [0.1, 0.15) is 6.42 Å². The first-order chi connectivity index (χ1) is 4.52. The molecule has 6 heteroatoms. The van der Waals surface area contributed by atoms with Crippen molar-refractivity contribution in [3.8, 4) is 0 Å². The Balaban J connectivity index is 2.84. The monoisotopic (exact) mass is 184 g/mol. The van der Waals surface area contributed by atoms with Crippen LogP contribution in [0, 0.1) is 0 Å². The third-order valence-corrected chi connectivity index (χ3v) is 2.98. The van der Waals surface area contributed by atoms with Crippen LogP contribution in [0.15, 0.2) is 0 Å². The fourth-order valence-corrected chi connectivity index (χ4v) is 1.89. The van der Waals surface area contributed by atoms with Gasteiger partial charge >= 0.3 is 5.97 Å². The fourth-order valence-electron chi connectivity index (χ4n) is 0.733. The lowest BCUT2D eigenvalue weighted by molar-refractivity contribution is -0.137. The Bertz CT molecular complexity index is 244. The van der Waals surface area contributed by atoms with E-state index in [0.29, 0.717) is 0 Å². The zero-order chi connectivity index (χ0) is 7.78. The van der Waals surface area contributed by atoms with Crippen molar-refractivity contribution in [2.24, 2.45) is 0 Å². The molecule has 0 N–H and O–H groups in total. The smallest absolute Gasteiger partial charge is 0.325 e. The molecule has 0 aromatic heterocycles. The van der Waals surface area contributed by atoms with Crippen LogP contribution in [0.4, 0.5) is 0 Å². The van der Waals surface area contributed by atoms with E-state index in [1.54, 1.807) is 0 Å². The molecule has 0 amide bonds. The Labute approximate surface area is 62.5 Å². The summed E-state index contributed by atoms with van der Waals surface area (Å²) < 4.78 is 25.4. The molecule has 0 aromatic carbocycles. The van der Waals surface area contributed by atoms with Gasteiger partial charge in [-0.05, 0) is 0 Å². The molecule has 4 nitrogen and oxygen atoms in total. The summed E-state index contributed by atoms with van der Waals surface area (Å²) in [6.45, 7) is 0.148. The van der Waals surface area contributed by atoms with E-state index in [0.717, 1.165) is 0 Å². The van der Waals surface area contributed by atoms with Crippen LogP contribution in [-0.2, 0) is 18.6 Å². The number of carbonyl (C=O) groups excluding carboxylic acids is 1. The molecule has 0 saturated carbocycles. The van der Waals surface area contributed by atoms with Gasteiger partial charge < -0.3 is 4.74 Å². The lowest BCUT2D eigenvalue weighted by Gasteiger charge is -1.96. The Morgan fingerprint density at radius 2 is 2.20 bits per heavy atom. The zero-order valence-electron chi connectivity index (χ0n) is 4.91. The van der Waals surface area contributed by atoms with Crippen LogP contribution >= 0.6 is 10.7 Å². The molecule has 0 bridgehead atoms. The number of cyclic esters (lactones) is 1. The van der Waals surface area contributed by atoms with E-state index < -0.39 is 20.3 Å². The molecule has 1 heterocycles. The number of hydrogen-bond acceptors (Lipinski definition) is 4. The molecule has 1 rings (SSSR count). The van der Waals surface area contributed by atoms with Crippen LogP contribution in [0.25, 0.3) is 0 Å². The molecule has 0 aliphatic carbocycles. The van der Waals surface area contributed by atoms with Gasteiger partial charge in [-0.15, -0.1) is 0 Å². The van der Waals surface area contributed by atoms with Crippen molar-refractivity contribution in [1.29, 1.82) is 0 Å². The van der Waals surface area contributed by atoms with Crippen LogP contribution in [-0.4, -0.2) is 26.2 Å². The molecule has 1 fully saturated rings. The van der Waals surface area contributed by atoms with Gasteiger partial charge in [0, 0.05) is 17.1 Å². The summed E-state index contributed by atoms with van der Waals surface area (Å²) in [7, 11) is 1.15. The summed E-state index contributed by atoms with van der Waals surface area (Å²) in [4.78, 5) is 10.5. The fraction of sp³-hybridized carbons (Fsp3) is 0.750. The van der Waals surface area contributed by atoms with Gasteiger partial charge in [0.2, 0.25) is 9.05 Å². The highest BCUT2D eigenvalue weighted by atomic mass is 35.7. The second-order valence-corrected chi connectivity index (χ2v) is 4.73. The Kier molecular flexibility index (Phi) is 1.87. The Morgan fingerprint density at radius 1 is 1.60 bits per heavy atom. The maximum Gasteiger partial charge on any atom is 0.325 e. The third-order valence-electron chi connectivity index (χ3n) is 1.23. The van der Waals surface area contributed by atoms with E-state index in [9.17, 15) is 13.2 Å². The highest BCUT2D eigenvalue weighted by molar-refractivity contribution is 8.14. The van der Waals surface area contributed by atoms with Gasteiger partial charge in [-0.3, -0.25) is 4.79 Å². The second-order valence-electron chi connectivity index (χ2n) is 1.92. The first-order valence-electron chi connectivity index (χ1n) is 2.62. The largest absolute Gasteiger partial charge is 0.465 e. The second kappa shape index (κ2) is 2.39. The molecule has 0 unspecified atom stereocenters. The maximum atomic E-state index is 10.5. The van der Waals surface area contributed by atoms with Crippen LogP contribution in [0.2, 0.25) is 0 Å². The van der Waals surface area contributed by atoms with Crippen molar-refractivity contribution in [3.05, 3.63) is 0 Å². The molecule has 1 aliphatic heterocycles. The molecule has 0 spiro atoms. The standard InChI is InChI=1S/C4H5ClO4S/c5-10(7,8)3-1-2-9-4(3)6/h3H,1-2H2/t3-/m1/s1. The van der Waals surface area contributed by atoms with E-state index in [2.05, 4.69) is 4.74 Å². The molecule has 0 radical (unpaired) electrons. The number of hydrogen-bond donors (Lipinski definition) is 0. The SMILES string of the molecule is O=C1OCC[C@H]1S(=O)(=O)Cl. The van der Waals surface area contributed by atoms with Crippen molar-refractivity contribution in [1.82, 2.24) is 0 Å². The maximum absolute atomic E-state index is 10.5. The molecule has 1 aliphatic rings. The molecule has 58 valence electrons. The third kappa shape index (κ3) is 1.41. The summed E-state index contributed by atoms with van der Waals surface area (Å²) in [5.41, 5.74) is 0. The summed E-state index contributed by atoms with van der Waals surface area (Å²) in [6.07, 6.45) is 0.171. The normalized spacial score (nSPS) is 26.5. The van der Waals surface area contributed by atoms with E-state index in [4.69, 9.17) is 10.7 Å². The quantitative estimate of drug-likeness (QED) is 0.421. The minimum atomic E-state index is -3.75. The predicted octanol–water partition coefficient (Wildman–Crippen LogP) is -0.129. The van der Waals surface area contributed by atoms with E-state index >= 15 is 0 Å². The van der Waals surface area contributed by atoms with Crippen molar-refractivity contribution in [3.63, 3.8) is 0 Å². The first kappa shape index (κ1) is 7.81. The summed E-state index contributed by atoms with van der Waals surface area (Å²) in [5.74, 6) is -0.741. The molecule has 0 aromatic rings. The average molecular weight is 185 g/mol. The molecular formula is C4H5ClO4S. The minimum absolute atomic E-state index is 0.148. The van der Waals surface area contributed by atoms with Crippen LogP contribution in [0.3, 0.4) is 0 Å². The number of halogens is 1. The number of esters is 1. The Morgan fingerprint density at radius 3 is 2.40 bits per heavy atom. The van der Waals surface area contributed by atoms with Crippen LogP contribution < -0.4 is 0 Å². The number of carbonyl (C=O) groups is 1. The lowest BCUT2D eigenvalue weighted by atomic mass is 10.4. The van der Waals surface area contributed by atoms with E-state index in [1.807, 2.05) is 0 Å². The van der Waals surface area contributed by atoms with Gasteiger partial charge in [0.15, 0.2) is 5.25 Å². The van der Waals surface area contributed by atoms with Crippen molar-refractivity contribution in [2.45, 2.75) is 11.7 Å². The zero-order valence-corrected chi connectivity index (χ0v) is 6.48. The molecule has 1 atom stereocenters. The summed E-state index contributed by atoms with van der Waals surface area (Å²) >= 11 is 0. The van der Waals surface area contributed by atoms with Crippen molar-refractivity contribution < 1.29 is 17.9 Å². The van der Waals surface area contributed by atoms with Crippen molar-refractivity contribution >= 4 is 25.7 Å². The highest BCUT2D eigenvalue weighted by Crippen LogP contribution is 2.18. The van der Waals surface area contributed by atoms with Gasteiger partial charge in [-0.25, -0.2) is 8.42 Å². The topological polar surface area (TPSA) is 60.4 Å². The molecule has 10 heavy (non-hydrogen) atoms. The van der Waals surface area contributed by atoms with Gasteiger partial charge in [0.05, 0.1) is 6.61 Å². The minimum Gasteiger partial charge on any atom is -0.465 e. The first-order valence-corrected chi connectivity index (χ1v) is 4.99. The van der Waals surface area contributed by atoms with Crippen molar-refractivity contribution in [2.75, 3.05) is 6.61 Å². The average Bonchev–Trinajstić information content (AvgIpc) is 2.11. The summed E-state index contributed by atoms with van der Waals surface area (Å²) in [5, 5.41) is -1.14. The van der Waals surface area contributed by atoms with Gasteiger partial charge in [-0.2, -0.15) is 0 Å². The number of rotatable bonds is 1. The van der Waals surface area contributed by atoms with Gasteiger partial charge in [-0.1, -0.05) is 0 Å². The lowest BCUT2D eigenvalue weighted by Crippen LogP contribution is -2.21. The van der Waals surface area contributed by atoms with Crippen LogP contribution in [0.5, 0.6) is 0 Å². The van der Waals surface area contributed by atoms with Gasteiger partial charge in [0.25, 0.3) is 0 Å². The number of ether oxygens (including phenoxy) is 1. The summed E-state index contributed by atoms with van der Waals surface area (Å²) in [6, 6.07) is 0. The Hall–Kier alpha value is -0.290. The molecule has 1 saturated heterocycles. The molecular weight excluding hydrogens is 180 g/mol. The van der Waals surface area contributed by atoms with E-state index in [1.165, 1.54) is 0 Å². The van der Waals surface area contributed by atoms with Gasteiger partial charge in [0.1, 0.15) is 0 Å².